The third kappa shape index (κ3) is 1.92. The molecule has 0 amide bonds. The lowest BCUT2D eigenvalue weighted by Crippen LogP contribution is -1.84. The van der Waals surface area contributed by atoms with Crippen LogP contribution in [0.15, 0.2) is 60.8 Å². The van der Waals surface area contributed by atoms with Gasteiger partial charge in [0.1, 0.15) is 0 Å². The summed E-state index contributed by atoms with van der Waals surface area (Å²) in [6, 6.07) is 18.5. The van der Waals surface area contributed by atoms with E-state index in [4.69, 9.17) is 0 Å². The van der Waals surface area contributed by atoms with Crippen LogP contribution >= 0.6 is 0 Å². The van der Waals surface area contributed by atoms with E-state index < -0.39 is 0 Å². The van der Waals surface area contributed by atoms with Gasteiger partial charge in [0.25, 0.3) is 0 Å². The van der Waals surface area contributed by atoms with Crippen LogP contribution in [0.3, 0.4) is 0 Å². The monoisotopic (exact) mass is 218 g/mol. The van der Waals surface area contributed by atoms with Gasteiger partial charge in [0, 0.05) is 17.1 Å². The van der Waals surface area contributed by atoms with Crippen LogP contribution < -0.4 is 0 Å². The van der Waals surface area contributed by atoms with Crippen molar-refractivity contribution in [2.24, 2.45) is 0 Å². The molecule has 1 radical (unpaired) electrons. The molecule has 0 fully saturated rings. The first-order valence-corrected chi connectivity index (χ1v) is 5.60. The second-order valence-corrected chi connectivity index (χ2v) is 4.11. The number of hydrogen-bond acceptors (Lipinski definition) is 1. The van der Waals surface area contributed by atoms with Crippen LogP contribution in [0.2, 0.25) is 0 Å². The number of aromatic nitrogens is 1. The van der Waals surface area contributed by atoms with Crippen LogP contribution in [0.4, 0.5) is 0 Å². The van der Waals surface area contributed by atoms with Crippen LogP contribution in [0.25, 0.3) is 22.0 Å². The first-order chi connectivity index (χ1) is 8.33. The summed E-state index contributed by atoms with van der Waals surface area (Å²) < 4.78 is 0. The maximum atomic E-state index is 4.49. The van der Waals surface area contributed by atoms with E-state index in [1.165, 1.54) is 10.8 Å². The van der Waals surface area contributed by atoms with Crippen molar-refractivity contribution in [3.05, 3.63) is 73.3 Å². The fourth-order valence-corrected chi connectivity index (χ4v) is 1.92. The number of fused-ring (bicyclic) bond motifs is 1. The molecule has 0 aliphatic carbocycles. The average Bonchev–Trinajstić information content (AvgIpc) is 2.39. The number of benzene rings is 2. The van der Waals surface area contributed by atoms with E-state index in [0.717, 1.165) is 16.8 Å². The van der Waals surface area contributed by atoms with Crippen molar-refractivity contribution in [3.63, 3.8) is 0 Å². The summed E-state index contributed by atoms with van der Waals surface area (Å²) in [5.74, 6) is 0. The SMILES string of the molecule is [CH2]c1ccc(-c2cc3ccccc3cn2)cc1. The van der Waals surface area contributed by atoms with Gasteiger partial charge in [-0.3, -0.25) is 4.98 Å². The van der Waals surface area contributed by atoms with Crippen molar-refractivity contribution >= 4 is 10.8 Å². The van der Waals surface area contributed by atoms with E-state index in [-0.39, 0.29) is 0 Å². The van der Waals surface area contributed by atoms with Gasteiger partial charge in [0.15, 0.2) is 0 Å². The molecular weight excluding hydrogens is 206 g/mol. The number of pyridine rings is 1. The Morgan fingerprint density at radius 3 is 2.29 bits per heavy atom. The molecule has 0 aliphatic heterocycles. The molecule has 81 valence electrons. The second-order valence-electron chi connectivity index (χ2n) is 4.11. The van der Waals surface area contributed by atoms with Gasteiger partial charge in [-0.2, -0.15) is 0 Å². The molecule has 3 aromatic rings. The van der Waals surface area contributed by atoms with Gasteiger partial charge in [-0.1, -0.05) is 48.5 Å². The molecular formula is C16H12N. The first kappa shape index (κ1) is 10.0. The third-order valence-electron chi connectivity index (χ3n) is 2.88. The predicted octanol–water partition coefficient (Wildman–Crippen LogP) is 4.08. The lowest BCUT2D eigenvalue weighted by molar-refractivity contribution is 1.35. The Kier molecular flexibility index (Phi) is 2.37. The smallest absolute Gasteiger partial charge is 0.0708 e. The van der Waals surface area contributed by atoms with E-state index in [1.807, 2.05) is 30.5 Å². The van der Waals surface area contributed by atoms with Crippen molar-refractivity contribution in [1.82, 2.24) is 4.98 Å². The van der Waals surface area contributed by atoms with Gasteiger partial charge in [0.2, 0.25) is 0 Å². The van der Waals surface area contributed by atoms with Crippen LogP contribution in [0.1, 0.15) is 5.56 Å². The Labute approximate surface area is 101 Å². The van der Waals surface area contributed by atoms with Gasteiger partial charge >= 0.3 is 0 Å². The molecule has 2 aromatic carbocycles. The largest absolute Gasteiger partial charge is 0.256 e. The molecule has 1 aromatic heterocycles. The fraction of sp³-hybridized carbons (Fsp3) is 0. The Morgan fingerprint density at radius 1 is 0.824 bits per heavy atom. The summed E-state index contributed by atoms with van der Waals surface area (Å²) in [6.07, 6.45) is 1.92. The lowest BCUT2D eigenvalue weighted by Gasteiger charge is -2.03. The van der Waals surface area contributed by atoms with Gasteiger partial charge in [-0.25, -0.2) is 0 Å². The number of nitrogens with zero attached hydrogens (tertiary/aromatic N) is 1. The minimum Gasteiger partial charge on any atom is -0.256 e. The van der Waals surface area contributed by atoms with Crippen molar-refractivity contribution in [1.29, 1.82) is 0 Å². The molecule has 1 nitrogen and oxygen atoms in total. The summed E-state index contributed by atoms with van der Waals surface area (Å²) in [5, 5.41) is 2.39. The van der Waals surface area contributed by atoms with Gasteiger partial charge in [-0.15, -0.1) is 0 Å². The van der Waals surface area contributed by atoms with Crippen LogP contribution in [0, 0.1) is 6.92 Å². The molecule has 0 saturated carbocycles. The van der Waals surface area contributed by atoms with Gasteiger partial charge < -0.3 is 0 Å². The summed E-state index contributed by atoms with van der Waals surface area (Å²) in [4.78, 5) is 4.49. The highest BCUT2D eigenvalue weighted by Crippen LogP contribution is 2.21. The maximum absolute atomic E-state index is 4.49. The third-order valence-corrected chi connectivity index (χ3v) is 2.88. The Balaban J connectivity index is 2.14. The van der Waals surface area contributed by atoms with E-state index >= 15 is 0 Å². The molecule has 0 aliphatic rings. The maximum Gasteiger partial charge on any atom is 0.0708 e. The highest BCUT2D eigenvalue weighted by molar-refractivity contribution is 5.85. The minimum absolute atomic E-state index is 1.00. The summed E-state index contributed by atoms with van der Waals surface area (Å²) in [7, 11) is 0. The normalized spacial score (nSPS) is 10.6. The van der Waals surface area contributed by atoms with Crippen LogP contribution in [0.5, 0.6) is 0 Å². The second kappa shape index (κ2) is 4.02. The van der Waals surface area contributed by atoms with E-state index in [0.29, 0.717) is 0 Å². The topological polar surface area (TPSA) is 12.9 Å². The first-order valence-electron chi connectivity index (χ1n) is 5.60. The Bertz CT molecular complexity index is 654. The van der Waals surface area contributed by atoms with Crippen LogP contribution in [-0.2, 0) is 0 Å². The molecule has 0 bridgehead atoms. The number of rotatable bonds is 1. The molecule has 0 unspecified atom stereocenters. The molecule has 0 spiro atoms. The molecule has 0 N–H and O–H groups in total. The minimum atomic E-state index is 1.00. The van der Waals surface area contributed by atoms with Crippen molar-refractivity contribution in [3.8, 4) is 11.3 Å². The highest BCUT2D eigenvalue weighted by Gasteiger charge is 2.00. The van der Waals surface area contributed by atoms with Crippen molar-refractivity contribution in [2.45, 2.75) is 0 Å². The molecule has 1 heteroatoms. The predicted molar refractivity (Wildman–Crippen MR) is 71.6 cm³/mol. The Morgan fingerprint density at radius 2 is 1.53 bits per heavy atom. The molecule has 17 heavy (non-hydrogen) atoms. The summed E-state index contributed by atoms with van der Waals surface area (Å²) in [5.41, 5.74) is 3.15. The summed E-state index contributed by atoms with van der Waals surface area (Å²) in [6.45, 7) is 3.88. The standard InChI is InChI=1S/C16H12N/c1-12-6-8-13(9-7-12)16-10-14-4-2-3-5-15(14)11-17-16/h2-11H,1H2. The Hall–Kier alpha value is -2.15. The average molecular weight is 218 g/mol. The zero-order valence-corrected chi connectivity index (χ0v) is 9.43. The van der Waals surface area contributed by atoms with E-state index in [2.05, 4.69) is 42.2 Å². The zero-order valence-electron chi connectivity index (χ0n) is 9.43. The zero-order chi connectivity index (χ0) is 11.7. The van der Waals surface area contributed by atoms with Crippen molar-refractivity contribution < 1.29 is 0 Å². The quantitative estimate of drug-likeness (QED) is 0.599. The number of hydrogen-bond donors (Lipinski definition) is 0. The molecule has 3 rings (SSSR count). The van der Waals surface area contributed by atoms with Gasteiger partial charge in [-0.05, 0) is 23.9 Å². The molecule has 0 saturated heterocycles. The molecule has 1 heterocycles. The molecule has 0 atom stereocenters. The van der Waals surface area contributed by atoms with E-state index in [1.54, 1.807) is 0 Å². The van der Waals surface area contributed by atoms with Gasteiger partial charge in [0.05, 0.1) is 5.69 Å². The van der Waals surface area contributed by atoms with E-state index in [9.17, 15) is 0 Å². The highest BCUT2D eigenvalue weighted by atomic mass is 14.7. The van der Waals surface area contributed by atoms with Crippen molar-refractivity contribution in [2.75, 3.05) is 0 Å². The lowest BCUT2D eigenvalue weighted by atomic mass is 10.1. The fourth-order valence-electron chi connectivity index (χ4n) is 1.92. The summed E-state index contributed by atoms with van der Waals surface area (Å²) >= 11 is 0. The van der Waals surface area contributed by atoms with Crippen LogP contribution in [-0.4, -0.2) is 4.98 Å².